The number of rotatable bonds is 22. The molecule has 0 N–H and O–H groups in total. The molecule has 40 heavy (non-hydrogen) atoms. The van der Waals surface area contributed by atoms with Crippen LogP contribution in [0, 0.1) is 0 Å². The van der Waals surface area contributed by atoms with Gasteiger partial charge in [0.25, 0.3) is 0 Å². The van der Waals surface area contributed by atoms with E-state index in [1.165, 1.54) is 44.9 Å². The molecule has 0 unspecified atom stereocenters. The van der Waals surface area contributed by atoms with E-state index in [9.17, 15) is 9.59 Å². The van der Waals surface area contributed by atoms with Crippen molar-refractivity contribution in [1.29, 1.82) is 0 Å². The lowest BCUT2D eigenvalue weighted by Gasteiger charge is -2.28. The molecule has 224 valence electrons. The number of carbonyl (C=O) groups excluding carboxylic acids is 2. The third-order valence-electron chi connectivity index (χ3n) is 7.14. The van der Waals surface area contributed by atoms with Crippen LogP contribution in [0.3, 0.4) is 0 Å². The minimum atomic E-state index is -0.0505. The zero-order valence-electron chi connectivity index (χ0n) is 25.1. The van der Waals surface area contributed by atoms with E-state index < -0.39 is 0 Å². The second-order valence-electron chi connectivity index (χ2n) is 10.2. The zero-order chi connectivity index (χ0) is 29.0. The Labute approximate surface area is 245 Å². The van der Waals surface area contributed by atoms with Crippen LogP contribution < -0.4 is 9.47 Å². The maximum Gasteiger partial charge on any atom is 0.242 e. The van der Waals surface area contributed by atoms with E-state index in [4.69, 9.17) is 14.2 Å². The first-order chi connectivity index (χ1) is 19.5. The van der Waals surface area contributed by atoms with E-state index in [1.807, 2.05) is 40.6 Å². The number of thiophene rings is 1. The van der Waals surface area contributed by atoms with Crippen molar-refractivity contribution in [3.8, 4) is 11.5 Å². The van der Waals surface area contributed by atoms with Crippen LogP contribution in [0.4, 0.5) is 0 Å². The topological polar surface area (TPSA) is 68.3 Å². The average Bonchev–Trinajstić information content (AvgIpc) is 3.49. The molecule has 0 saturated heterocycles. The van der Waals surface area contributed by atoms with Gasteiger partial charge < -0.3 is 24.0 Å². The lowest BCUT2D eigenvalue weighted by atomic mass is 10.1. The van der Waals surface area contributed by atoms with Crippen LogP contribution in [0.2, 0.25) is 0 Å². The molecule has 2 aromatic rings. The van der Waals surface area contributed by atoms with Crippen molar-refractivity contribution in [1.82, 2.24) is 9.80 Å². The molecule has 0 aliphatic heterocycles. The van der Waals surface area contributed by atoms with E-state index in [-0.39, 0.29) is 18.4 Å². The number of hydrogen-bond donors (Lipinski definition) is 0. The monoisotopic (exact) mass is 574 g/mol. The fourth-order valence-electron chi connectivity index (χ4n) is 4.68. The van der Waals surface area contributed by atoms with Gasteiger partial charge >= 0.3 is 0 Å². The number of unbranched alkanes of at least 4 members (excludes halogenated alkanes) is 8. The second kappa shape index (κ2) is 20.3. The fraction of sp³-hybridized carbons (Fsp3) is 0.625. The molecule has 0 atom stereocenters. The van der Waals surface area contributed by atoms with Crippen LogP contribution in [-0.4, -0.2) is 69.2 Å². The summed E-state index contributed by atoms with van der Waals surface area (Å²) in [7, 11) is 4.86. The van der Waals surface area contributed by atoms with Crippen molar-refractivity contribution < 1.29 is 23.8 Å². The van der Waals surface area contributed by atoms with Crippen molar-refractivity contribution >= 4 is 23.2 Å². The van der Waals surface area contributed by atoms with Crippen molar-refractivity contribution in [2.24, 2.45) is 0 Å². The number of methoxy groups -OCH3 is 3. The minimum Gasteiger partial charge on any atom is -0.493 e. The molecule has 2 rings (SSSR count). The Kier molecular flexibility index (Phi) is 17.1. The molecule has 1 aromatic carbocycles. The summed E-state index contributed by atoms with van der Waals surface area (Å²) in [4.78, 5) is 31.3. The highest BCUT2D eigenvalue weighted by Crippen LogP contribution is 2.28. The second-order valence-corrected chi connectivity index (χ2v) is 11.3. The Morgan fingerprint density at radius 1 is 0.800 bits per heavy atom. The molecule has 0 bridgehead atoms. The first-order valence-corrected chi connectivity index (χ1v) is 15.7. The summed E-state index contributed by atoms with van der Waals surface area (Å²) in [6.07, 6.45) is 12.0. The van der Waals surface area contributed by atoms with Gasteiger partial charge in [0.2, 0.25) is 11.8 Å². The molecule has 1 aromatic heterocycles. The van der Waals surface area contributed by atoms with Gasteiger partial charge in [0.15, 0.2) is 11.5 Å². The number of nitrogens with zero attached hydrogens (tertiary/aromatic N) is 2. The molecule has 0 radical (unpaired) electrons. The maximum absolute atomic E-state index is 13.6. The molecule has 0 spiro atoms. The third kappa shape index (κ3) is 12.7. The largest absolute Gasteiger partial charge is 0.493 e. The normalized spacial score (nSPS) is 10.9. The third-order valence-corrected chi connectivity index (χ3v) is 8.00. The smallest absolute Gasteiger partial charge is 0.242 e. The van der Waals surface area contributed by atoms with Gasteiger partial charge in [-0.25, -0.2) is 0 Å². The van der Waals surface area contributed by atoms with Crippen molar-refractivity contribution in [2.75, 3.05) is 47.6 Å². The van der Waals surface area contributed by atoms with Crippen molar-refractivity contribution in [3.05, 3.63) is 46.2 Å². The van der Waals surface area contributed by atoms with Gasteiger partial charge in [-0.3, -0.25) is 9.59 Å². The van der Waals surface area contributed by atoms with Gasteiger partial charge in [0.1, 0.15) is 0 Å². The molecular formula is C32H50N2O5S. The van der Waals surface area contributed by atoms with Gasteiger partial charge in [-0.2, -0.15) is 0 Å². The Morgan fingerprint density at radius 2 is 1.50 bits per heavy atom. The number of amides is 2. The summed E-state index contributed by atoms with van der Waals surface area (Å²) in [5.41, 5.74) is 1.05. The molecular weight excluding hydrogens is 524 g/mol. The predicted molar refractivity (Wildman–Crippen MR) is 163 cm³/mol. The Hall–Kier alpha value is -2.58. The van der Waals surface area contributed by atoms with E-state index in [1.54, 1.807) is 37.6 Å². The van der Waals surface area contributed by atoms with E-state index >= 15 is 0 Å². The molecule has 0 aliphatic carbocycles. The highest BCUT2D eigenvalue weighted by atomic mass is 32.1. The summed E-state index contributed by atoms with van der Waals surface area (Å²) in [6, 6.07) is 9.87. The zero-order valence-corrected chi connectivity index (χ0v) is 25.9. The van der Waals surface area contributed by atoms with Gasteiger partial charge in [0.05, 0.1) is 33.9 Å². The first-order valence-electron chi connectivity index (χ1n) is 14.8. The molecule has 0 aliphatic rings. The Bertz CT molecular complexity index is 966. The molecule has 1 heterocycles. The molecule has 8 heteroatoms. The predicted octanol–water partition coefficient (Wildman–Crippen LogP) is 6.73. The van der Waals surface area contributed by atoms with Crippen LogP contribution in [0.5, 0.6) is 11.5 Å². The summed E-state index contributed by atoms with van der Waals surface area (Å²) < 4.78 is 16.1. The minimum absolute atomic E-state index is 0.0318. The summed E-state index contributed by atoms with van der Waals surface area (Å²) >= 11 is 1.63. The van der Waals surface area contributed by atoms with Crippen LogP contribution in [-0.2, 0) is 27.3 Å². The number of ether oxygens (including phenoxy) is 3. The first kappa shape index (κ1) is 33.6. The van der Waals surface area contributed by atoms with Gasteiger partial charge in [-0.15, -0.1) is 11.3 Å². The Morgan fingerprint density at radius 3 is 2.12 bits per heavy atom. The summed E-state index contributed by atoms with van der Waals surface area (Å²) in [6.45, 7) is 4.19. The summed E-state index contributed by atoms with van der Waals surface area (Å²) in [5.74, 6) is 1.33. The van der Waals surface area contributed by atoms with Crippen LogP contribution in [0.25, 0.3) is 0 Å². The van der Waals surface area contributed by atoms with Crippen LogP contribution >= 0.6 is 11.3 Å². The quantitative estimate of drug-likeness (QED) is 0.146. The van der Waals surface area contributed by atoms with E-state index in [0.717, 1.165) is 23.3 Å². The van der Waals surface area contributed by atoms with E-state index in [0.29, 0.717) is 50.6 Å². The van der Waals surface area contributed by atoms with Gasteiger partial charge in [-0.1, -0.05) is 70.4 Å². The number of benzene rings is 1. The molecule has 0 saturated carbocycles. The van der Waals surface area contributed by atoms with Crippen molar-refractivity contribution in [3.63, 3.8) is 0 Å². The van der Waals surface area contributed by atoms with Crippen LogP contribution in [0.15, 0.2) is 35.7 Å². The van der Waals surface area contributed by atoms with E-state index in [2.05, 4.69) is 6.92 Å². The lowest BCUT2D eigenvalue weighted by molar-refractivity contribution is -0.141. The highest BCUT2D eigenvalue weighted by Gasteiger charge is 2.22. The average molecular weight is 575 g/mol. The van der Waals surface area contributed by atoms with Gasteiger partial charge in [0, 0.05) is 31.5 Å². The number of hydrogen-bond acceptors (Lipinski definition) is 6. The van der Waals surface area contributed by atoms with Crippen LogP contribution in [0.1, 0.15) is 81.6 Å². The molecule has 0 fully saturated rings. The fourth-order valence-corrected chi connectivity index (χ4v) is 5.40. The lowest BCUT2D eigenvalue weighted by Crippen LogP contribution is -2.44. The summed E-state index contributed by atoms with van der Waals surface area (Å²) in [5, 5.41) is 2.02. The number of carbonyl (C=O) groups is 2. The molecule has 7 nitrogen and oxygen atoms in total. The highest BCUT2D eigenvalue weighted by molar-refractivity contribution is 7.09. The SMILES string of the molecule is CCCCCCCCCCCC(=O)N(CCOC)CC(=O)N(CCc1ccc(OC)c(OC)c1)Cc1cccs1. The maximum atomic E-state index is 13.6. The van der Waals surface area contributed by atoms with Crippen molar-refractivity contribution in [2.45, 2.75) is 84.1 Å². The van der Waals surface area contributed by atoms with Gasteiger partial charge in [-0.05, 0) is 42.0 Å². The molecule has 2 amide bonds. The standard InChI is InChI=1S/C32H50N2O5S/c1-5-6-7-8-9-10-11-12-13-16-31(35)34(21-22-37-2)26-32(36)33(25-28-15-14-23-40-28)20-19-27-17-18-29(38-3)30(24-27)39-4/h14-15,17-18,23-24H,5-13,16,19-22,25-26H2,1-4H3. The Balaban J connectivity index is 1.95.